The zero-order chi connectivity index (χ0) is 20.6. The fourth-order valence-electron chi connectivity index (χ4n) is 6.83. The molecule has 29 heavy (non-hydrogen) atoms. The summed E-state index contributed by atoms with van der Waals surface area (Å²) in [7, 11) is 0. The number of amides is 1. The first-order valence-electron chi connectivity index (χ1n) is 10.9. The molecule has 1 amide bonds. The van der Waals surface area contributed by atoms with Crippen molar-refractivity contribution < 1.29 is 19.8 Å². The van der Waals surface area contributed by atoms with Gasteiger partial charge in [0.05, 0.1) is 11.2 Å². The van der Waals surface area contributed by atoms with Gasteiger partial charge < -0.3 is 15.9 Å². The highest BCUT2D eigenvalue weighted by atomic mass is 16.3. The van der Waals surface area contributed by atoms with E-state index in [0.717, 1.165) is 12.1 Å². The minimum Gasteiger partial charge on any atom is -0.507 e. The summed E-state index contributed by atoms with van der Waals surface area (Å²) in [5.74, 6) is -0.0402. The Balaban J connectivity index is 1.67. The lowest BCUT2D eigenvalue weighted by atomic mass is 9.49. The number of aromatic hydroxyl groups is 1. The normalized spacial score (nSPS) is 35.4. The summed E-state index contributed by atoms with van der Waals surface area (Å²) in [6.07, 6.45) is 5.97. The highest BCUT2D eigenvalue weighted by Crippen LogP contribution is 2.60. The average molecular weight is 399 g/mol. The first-order valence-corrected chi connectivity index (χ1v) is 10.9. The van der Waals surface area contributed by atoms with E-state index in [2.05, 4.69) is 11.8 Å². The van der Waals surface area contributed by atoms with Gasteiger partial charge in [0.15, 0.2) is 0 Å². The number of hydrogen-bond donors (Lipinski definition) is 3. The largest absolute Gasteiger partial charge is 0.507 e. The third-order valence-electron chi connectivity index (χ3n) is 8.64. The van der Waals surface area contributed by atoms with Gasteiger partial charge in [-0.1, -0.05) is 12.5 Å². The van der Waals surface area contributed by atoms with Crippen LogP contribution in [0.15, 0.2) is 12.1 Å². The Hall–Kier alpha value is -1.92. The topological polar surface area (TPSA) is 104 Å². The van der Waals surface area contributed by atoms with Crippen LogP contribution in [-0.4, -0.2) is 51.0 Å². The van der Waals surface area contributed by atoms with Gasteiger partial charge in [-0.3, -0.25) is 14.5 Å². The predicted molar refractivity (Wildman–Crippen MR) is 108 cm³/mol. The summed E-state index contributed by atoms with van der Waals surface area (Å²) in [6.45, 7) is 3.06. The molecule has 1 saturated heterocycles. The van der Waals surface area contributed by atoms with Gasteiger partial charge in [0.25, 0.3) is 5.91 Å². The molecule has 0 aromatic heterocycles. The summed E-state index contributed by atoms with van der Waals surface area (Å²) in [5, 5.41) is 23.2. The highest BCUT2D eigenvalue weighted by molar-refractivity contribution is 5.96. The van der Waals surface area contributed by atoms with Gasteiger partial charge in [-0.15, -0.1) is 0 Å². The number of fused-ring (bicyclic) bond motifs is 1. The van der Waals surface area contributed by atoms with E-state index in [1.165, 1.54) is 19.3 Å². The minimum absolute atomic E-state index is 0.0715. The van der Waals surface area contributed by atoms with Crippen LogP contribution >= 0.6 is 0 Å². The van der Waals surface area contributed by atoms with Crippen LogP contribution in [0.25, 0.3) is 0 Å². The molecule has 0 radical (unpaired) electrons. The molecule has 1 aliphatic heterocycles. The lowest BCUT2D eigenvalue weighted by molar-refractivity contribution is -0.182. The zero-order valence-electron chi connectivity index (χ0n) is 17.0. The van der Waals surface area contributed by atoms with Crippen LogP contribution < -0.4 is 5.73 Å². The second-order valence-corrected chi connectivity index (χ2v) is 9.72. The van der Waals surface area contributed by atoms with Crippen molar-refractivity contribution >= 4 is 11.7 Å². The summed E-state index contributed by atoms with van der Waals surface area (Å²) >= 11 is 0. The van der Waals surface area contributed by atoms with Crippen LogP contribution in [0.5, 0.6) is 5.75 Å². The van der Waals surface area contributed by atoms with Crippen molar-refractivity contribution in [3.05, 3.63) is 28.8 Å². The lowest BCUT2D eigenvalue weighted by Gasteiger charge is -2.65. The van der Waals surface area contributed by atoms with Crippen LogP contribution in [0.2, 0.25) is 0 Å². The Bertz CT molecular complexity index is 895. The van der Waals surface area contributed by atoms with Gasteiger partial charge in [0, 0.05) is 35.9 Å². The number of phenols is 1. The molecule has 0 spiro atoms. The number of nitrogens with zero attached hydrogens (tertiary/aromatic N) is 1. The first-order chi connectivity index (χ1) is 13.8. The fourth-order valence-corrected chi connectivity index (χ4v) is 6.83. The molecule has 3 aliphatic carbocycles. The number of aliphatic hydroxyl groups is 1. The van der Waals surface area contributed by atoms with Gasteiger partial charge >= 0.3 is 0 Å². The summed E-state index contributed by atoms with van der Waals surface area (Å²) in [6, 6.07) is 3.76. The molecule has 0 unspecified atom stereocenters. The van der Waals surface area contributed by atoms with Crippen LogP contribution in [0.4, 0.5) is 0 Å². The van der Waals surface area contributed by atoms with E-state index in [9.17, 15) is 19.8 Å². The van der Waals surface area contributed by atoms with E-state index in [1.54, 1.807) is 6.07 Å². The number of ketones is 1. The van der Waals surface area contributed by atoms with Crippen LogP contribution in [0.1, 0.15) is 73.4 Å². The van der Waals surface area contributed by atoms with Gasteiger partial charge in [0.2, 0.25) is 0 Å². The molecule has 4 N–H and O–H groups in total. The van der Waals surface area contributed by atoms with Crippen LogP contribution in [0, 0.1) is 5.92 Å². The fraction of sp³-hybridized carbons (Fsp3) is 0.652. The minimum atomic E-state index is -1.09. The number of carbonyl (C=O) groups excluding carboxylic acids is 2. The predicted octanol–water partition coefficient (Wildman–Crippen LogP) is 2.03. The summed E-state index contributed by atoms with van der Waals surface area (Å²) in [5.41, 5.74) is 5.15. The van der Waals surface area contributed by atoms with Crippen molar-refractivity contribution in [2.45, 2.75) is 81.4 Å². The lowest BCUT2D eigenvalue weighted by Crippen LogP contribution is -2.74. The maximum absolute atomic E-state index is 12.6. The van der Waals surface area contributed by atoms with Crippen molar-refractivity contribution in [3.63, 3.8) is 0 Å². The Morgan fingerprint density at radius 3 is 2.72 bits per heavy atom. The summed E-state index contributed by atoms with van der Waals surface area (Å²) < 4.78 is 0. The SMILES string of the molecule is C[C@H](C1CCC1)N1CC[C@]23CC(=O)CC[C@@]2(O)[C@H]1Cc1ccc(C(N)=O)c(O)c13. The molecular formula is C23H30N2O4. The summed E-state index contributed by atoms with van der Waals surface area (Å²) in [4.78, 5) is 26.9. The van der Waals surface area contributed by atoms with Gasteiger partial charge in [-0.2, -0.15) is 0 Å². The number of piperidine rings is 1. The number of hydrogen-bond acceptors (Lipinski definition) is 5. The van der Waals surface area contributed by atoms with Crippen LogP contribution in [-0.2, 0) is 16.6 Å². The van der Waals surface area contributed by atoms with Crippen molar-refractivity contribution in [3.8, 4) is 5.75 Å². The van der Waals surface area contributed by atoms with Crippen molar-refractivity contribution in [1.82, 2.24) is 4.90 Å². The van der Waals surface area contributed by atoms with E-state index in [1.807, 2.05) is 6.07 Å². The Labute approximate surface area is 171 Å². The molecular weight excluding hydrogens is 368 g/mol. The molecule has 6 heteroatoms. The van der Waals surface area contributed by atoms with Crippen LogP contribution in [0.3, 0.4) is 0 Å². The van der Waals surface area contributed by atoms with E-state index >= 15 is 0 Å². The zero-order valence-corrected chi connectivity index (χ0v) is 17.0. The maximum Gasteiger partial charge on any atom is 0.252 e. The molecule has 4 atom stereocenters. The van der Waals surface area contributed by atoms with Crippen molar-refractivity contribution in [2.75, 3.05) is 6.54 Å². The number of nitrogens with two attached hydrogens (primary N) is 1. The number of primary amides is 1. The standard InChI is InChI=1S/C23H30N2O4/c1-13(14-3-2-4-14)25-10-9-22-12-16(26)7-8-23(22,29)18(25)11-15-5-6-17(21(24)28)20(27)19(15)22/h5-6,13-14,18,27,29H,2-4,7-12H2,1H3,(H2,24,28)/t13-,18-,22-,23-/m1/s1. The molecule has 1 aromatic rings. The monoisotopic (exact) mass is 398 g/mol. The van der Waals surface area contributed by atoms with Crippen molar-refractivity contribution in [2.24, 2.45) is 11.7 Å². The second-order valence-electron chi connectivity index (χ2n) is 9.72. The number of Topliss-reactive ketones (excluding diaryl/α,β-unsaturated/α-hetero) is 1. The van der Waals surface area contributed by atoms with E-state index in [4.69, 9.17) is 5.73 Å². The molecule has 2 bridgehead atoms. The smallest absolute Gasteiger partial charge is 0.252 e. The molecule has 2 saturated carbocycles. The van der Waals surface area contributed by atoms with Gasteiger partial charge in [-0.05, 0) is 63.1 Å². The Morgan fingerprint density at radius 2 is 2.07 bits per heavy atom. The second kappa shape index (κ2) is 6.29. The molecule has 1 heterocycles. The maximum atomic E-state index is 12.6. The molecule has 156 valence electrons. The molecule has 6 nitrogen and oxygen atoms in total. The van der Waals surface area contributed by atoms with Gasteiger partial charge in [-0.25, -0.2) is 0 Å². The molecule has 1 aromatic carbocycles. The highest BCUT2D eigenvalue weighted by Gasteiger charge is 2.66. The van der Waals surface area contributed by atoms with E-state index in [-0.39, 0.29) is 29.6 Å². The quantitative estimate of drug-likeness (QED) is 0.723. The number of carbonyl (C=O) groups is 2. The van der Waals surface area contributed by atoms with E-state index < -0.39 is 16.9 Å². The molecule has 4 aliphatic rings. The number of rotatable bonds is 3. The van der Waals surface area contributed by atoms with E-state index in [0.29, 0.717) is 43.2 Å². The third-order valence-corrected chi connectivity index (χ3v) is 8.64. The third kappa shape index (κ3) is 2.42. The Morgan fingerprint density at radius 1 is 1.31 bits per heavy atom. The first kappa shape index (κ1) is 19.1. The number of likely N-dealkylation sites (tertiary alicyclic amines) is 1. The average Bonchev–Trinajstić information content (AvgIpc) is 2.60. The van der Waals surface area contributed by atoms with Crippen molar-refractivity contribution in [1.29, 1.82) is 0 Å². The van der Waals surface area contributed by atoms with Gasteiger partial charge in [0.1, 0.15) is 11.5 Å². The molecule has 5 rings (SSSR count). The number of benzene rings is 1. The molecule has 3 fully saturated rings. The Kier molecular flexibility index (Phi) is 4.13.